The SMILES string of the molecule is NC(=O)c1ccccc1OI. The number of hydrogen-bond donors (Lipinski definition) is 1. The van der Waals surface area contributed by atoms with E-state index in [0.717, 1.165) is 0 Å². The van der Waals surface area contributed by atoms with E-state index in [9.17, 15) is 4.79 Å². The smallest absolute Gasteiger partial charge is 0.252 e. The molecule has 0 spiro atoms. The van der Waals surface area contributed by atoms with E-state index >= 15 is 0 Å². The molecule has 0 aliphatic rings. The lowest BCUT2D eigenvalue weighted by molar-refractivity contribution is 0.0999. The van der Waals surface area contributed by atoms with Crippen LogP contribution in [0, 0.1) is 0 Å². The molecule has 11 heavy (non-hydrogen) atoms. The van der Waals surface area contributed by atoms with Crippen LogP contribution in [0.3, 0.4) is 0 Å². The van der Waals surface area contributed by atoms with Crippen LogP contribution in [0.25, 0.3) is 0 Å². The summed E-state index contributed by atoms with van der Waals surface area (Å²) in [4.78, 5) is 10.7. The number of rotatable bonds is 2. The molecule has 1 aromatic rings. The molecule has 0 aliphatic heterocycles. The van der Waals surface area contributed by atoms with Crippen molar-refractivity contribution in [2.24, 2.45) is 5.73 Å². The fraction of sp³-hybridized carbons (Fsp3) is 0. The normalized spacial score (nSPS) is 9.18. The van der Waals surface area contributed by atoms with Gasteiger partial charge >= 0.3 is 0 Å². The summed E-state index contributed by atoms with van der Waals surface area (Å²) in [6.45, 7) is 0. The number of carbonyl (C=O) groups excluding carboxylic acids is 1. The average Bonchev–Trinajstić information content (AvgIpc) is 2.04. The van der Waals surface area contributed by atoms with Crippen molar-refractivity contribution in [3.63, 3.8) is 0 Å². The van der Waals surface area contributed by atoms with Crippen LogP contribution < -0.4 is 8.80 Å². The van der Waals surface area contributed by atoms with E-state index in [2.05, 4.69) is 0 Å². The molecule has 1 rings (SSSR count). The molecular weight excluding hydrogens is 257 g/mol. The van der Waals surface area contributed by atoms with Crippen molar-refractivity contribution in [3.05, 3.63) is 29.8 Å². The molecule has 0 radical (unpaired) electrons. The van der Waals surface area contributed by atoms with Crippen molar-refractivity contribution in [2.75, 3.05) is 0 Å². The number of amides is 1. The number of benzene rings is 1. The van der Waals surface area contributed by atoms with Gasteiger partial charge in [0, 0.05) is 0 Å². The third kappa shape index (κ3) is 1.83. The average molecular weight is 263 g/mol. The predicted octanol–water partition coefficient (Wildman–Crippen LogP) is 1.51. The lowest BCUT2D eigenvalue weighted by Crippen LogP contribution is -2.11. The minimum atomic E-state index is -0.475. The monoisotopic (exact) mass is 263 g/mol. The van der Waals surface area contributed by atoms with Gasteiger partial charge in [0.25, 0.3) is 5.91 Å². The predicted molar refractivity (Wildman–Crippen MR) is 49.6 cm³/mol. The van der Waals surface area contributed by atoms with E-state index in [-0.39, 0.29) is 0 Å². The van der Waals surface area contributed by atoms with Gasteiger partial charge in [0.05, 0.1) is 5.56 Å². The van der Waals surface area contributed by atoms with Crippen LogP contribution in [0.1, 0.15) is 10.4 Å². The molecular formula is C7H6INO2. The van der Waals surface area contributed by atoms with Crippen molar-refractivity contribution >= 4 is 28.9 Å². The minimum Gasteiger partial charge on any atom is -0.427 e. The Labute approximate surface area is 78.2 Å². The van der Waals surface area contributed by atoms with E-state index in [1.54, 1.807) is 47.3 Å². The van der Waals surface area contributed by atoms with Crippen molar-refractivity contribution in [2.45, 2.75) is 0 Å². The van der Waals surface area contributed by atoms with Gasteiger partial charge in [0.15, 0.2) is 23.0 Å². The second kappa shape index (κ2) is 3.56. The fourth-order valence-corrected chi connectivity index (χ4v) is 1.12. The van der Waals surface area contributed by atoms with E-state index in [0.29, 0.717) is 11.3 Å². The maximum Gasteiger partial charge on any atom is 0.252 e. The molecule has 1 amide bonds. The van der Waals surface area contributed by atoms with E-state index in [1.807, 2.05) is 0 Å². The van der Waals surface area contributed by atoms with Crippen molar-refractivity contribution in [1.82, 2.24) is 0 Å². The first-order valence-electron chi connectivity index (χ1n) is 2.93. The number of primary amides is 1. The molecule has 0 atom stereocenters. The van der Waals surface area contributed by atoms with Gasteiger partial charge in [-0.05, 0) is 12.1 Å². The molecule has 0 fully saturated rings. The number of hydrogen-bond acceptors (Lipinski definition) is 2. The number of para-hydroxylation sites is 1. The standard InChI is InChI=1S/C7H6INO2/c8-11-6-4-2-1-3-5(6)7(9)10/h1-4H,(H2,9,10). The van der Waals surface area contributed by atoms with Gasteiger partial charge in [-0.3, -0.25) is 4.79 Å². The second-order valence-electron chi connectivity index (χ2n) is 1.94. The molecule has 0 bridgehead atoms. The summed E-state index contributed by atoms with van der Waals surface area (Å²) >= 11 is 1.70. The molecule has 0 unspecified atom stereocenters. The number of carbonyl (C=O) groups is 1. The maximum absolute atomic E-state index is 10.7. The van der Waals surface area contributed by atoms with E-state index in [4.69, 9.17) is 8.80 Å². The zero-order valence-corrected chi connectivity index (χ0v) is 7.74. The van der Waals surface area contributed by atoms with Crippen LogP contribution in [0.5, 0.6) is 5.75 Å². The highest BCUT2D eigenvalue weighted by Crippen LogP contribution is 2.18. The molecule has 1 aromatic carbocycles. The molecule has 58 valence electrons. The van der Waals surface area contributed by atoms with Gasteiger partial charge in [-0.2, -0.15) is 0 Å². The first-order valence-corrected chi connectivity index (χ1v) is 3.81. The largest absolute Gasteiger partial charge is 0.427 e. The Balaban J connectivity index is 3.12. The van der Waals surface area contributed by atoms with Gasteiger partial charge in [0.2, 0.25) is 0 Å². The Hall–Kier alpha value is -0.780. The summed E-state index contributed by atoms with van der Waals surface area (Å²) in [6.07, 6.45) is 0. The molecule has 4 heteroatoms. The molecule has 0 saturated carbocycles. The highest BCUT2D eigenvalue weighted by Gasteiger charge is 2.06. The molecule has 0 heterocycles. The Morgan fingerprint density at radius 3 is 2.55 bits per heavy atom. The van der Waals surface area contributed by atoms with Gasteiger partial charge in [0.1, 0.15) is 5.75 Å². The lowest BCUT2D eigenvalue weighted by atomic mass is 10.2. The Kier molecular flexibility index (Phi) is 2.70. The van der Waals surface area contributed by atoms with Crippen LogP contribution in [-0.2, 0) is 0 Å². The van der Waals surface area contributed by atoms with Crippen molar-refractivity contribution < 1.29 is 7.86 Å². The molecule has 0 aliphatic carbocycles. The van der Waals surface area contributed by atoms with Crippen LogP contribution >= 0.6 is 23.0 Å². The quantitative estimate of drug-likeness (QED) is 0.822. The molecule has 0 aromatic heterocycles. The highest BCUT2D eigenvalue weighted by atomic mass is 127. The van der Waals surface area contributed by atoms with E-state index in [1.165, 1.54) is 0 Å². The van der Waals surface area contributed by atoms with Gasteiger partial charge in [-0.1, -0.05) is 12.1 Å². The number of halogens is 1. The van der Waals surface area contributed by atoms with Gasteiger partial charge in [-0.25, -0.2) is 0 Å². The van der Waals surface area contributed by atoms with Crippen LogP contribution in [0.2, 0.25) is 0 Å². The van der Waals surface area contributed by atoms with Crippen LogP contribution in [-0.4, -0.2) is 5.91 Å². The summed E-state index contributed by atoms with van der Waals surface area (Å²) in [6, 6.07) is 6.82. The summed E-state index contributed by atoms with van der Waals surface area (Å²) < 4.78 is 4.88. The third-order valence-corrected chi connectivity index (χ3v) is 1.71. The minimum absolute atomic E-state index is 0.405. The van der Waals surface area contributed by atoms with Crippen LogP contribution in [0.15, 0.2) is 24.3 Å². The summed E-state index contributed by atoms with van der Waals surface area (Å²) in [7, 11) is 0. The van der Waals surface area contributed by atoms with Gasteiger partial charge < -0.3 is 8.80 Å². The lowest BCUT2D eigenvalue weighted by Gasteiger charge is -2.00. The maximum atomic E-state index is 10.7. The first kappa shape index (κ1) is 8.32. The Bertz CT molecular complexity index is 275. The van der Waals surface area contributed by atoms with E-state index < -0.39 is 5.91 Å². The molecule has 2 N–H and O–H groups in total. The first-order chi connectivity index (χ1) is 5.25. The Morgan fingerprint density at radius 2 is 2.09 bits per heavy atom. The fourth-order valence-electron chi connectivity index (χ4n) is 0.737. The van der Waals surface area contributed by atoms with Crippen LogP contribution in [0.4, 0.5) is 0 Å². The summed E-state index contributed by atoms with van der Waals surface area (Å²) in [5.41, 5.74) is 5.47. The molecule has 3 nitrogen and oxygen atoms in total. The van der Waals surface area contributed by atoms with Gasteiger partial charge in [-0.15, -0.1) is 0 Å². The Morgan fingerprint density at radius 1 is 1.45 bits per heavy atom. The molecule has 0 saturated heterocycles. The third-order valence-electron chi connectivity index (χ3n) is 1.24. The zero-order valence-electron chi connectivity index (χ0n) is 5.58. The van der Waals surface area contributed by atoms with Crippen molar-refractivity contribution in [1.29, 1.82) is 0 Å². The number of nitrogens with two attached hydrogens (primary N) is 1. The highest BCUT2D eigenvalue weighted by molar-refractivity contribution is 14.1. The van der Waals surface area contributed by atoms with Crippen molar-refractivity contribution in [3.8, 4) is 5.75 Å². The topological polar surface area (TPSA) is 52.3 Å². The zero-order chi connectivity index (χ0) is 8.27. The second-order valence-corrected chi connectivity index (χ2v) is 2.38. The summed E-state index contributed by atoms with van der Waals surface area (Å²) in [5.74, 6) is 0.0258. The summed E-state index contributed by atoms with van der Waals surface area (Å²) in [5, 5.41) is 0.